The second kappa shape index (κ2) is 9.79. The molecule has 2 atom stereocenters. The van der Waals surface area contributed by atoms with Crippen molar-refractivity contribution >= 4 is 11.8 Å². The van der Waals surface area contributed by atoms with Gasteiger partial charge in [0.25, 0.3) is 17.9 Å². The van der Waals surface area contributed by atoms with E-state index >= 15 is 0 Å². The lowest BCUT2D eigenvalue weighted by molar-refractivity contribution is -0.271. The van der Waals surface area contributed by atoms with Gasteiger partial charge < -0.3 is 15.0 Å². The predicted molar refractivity (Wildman–Crippen MR) is 118 cm³/mol. The molecule has 7 nitrogen and oxygen atoms in total. The maximum absolute atomic E-state index is 14.4. The van der Waals surface area contributed by atoms with E-state index in [2.05, 4.69) is 10.4 Å². The standard InChI is InChI=1S/C24H27F5N4O3/c1-36-23(24(27,28)29,16-5-3-2-4-6-16)21(35)32-11-8-22(9-12-32)13-20(34)30-14-17(22)18-7-10-31-33(18)15-19(25)26/h2-7,10,17,19H,8-9,11-15H2,1H3,(H,30,34)/t17-,23-/m1/s1. The highest BCUT2D eigenvalue weighted by Gasteiger charge is 2.64. The number of methoxy groups -OCH3 is 1. The zero-order chi connectivity index (χ0) is 26.1. The molecule has 2 aliphatic heterocycles. The van der Waals surface area contributed by atoms with Crippen LogP contribution in [0.4, 0.5) is 22.0 Å². The van der Waals surface area contributed by atoms with Crippen molar-refractivity contribution in [1.82, 2.24) is 20.0 Å². The van der Waals surface area contributed by atoms with E-state index in [4.69, 9.17) is 4.74 Å². The maximum Gasteiger partial charge on any atom is 0.430 e. The van der Waals surface area contributed by atoms with E-state index in [1.807, 2.05) is 0 Å². The van der Waals surface area contributed by atoms with Crippen LogP contribution >= 0.6 is 0 Å². The van der Waals surface area contributed by atoms with E-state index < -0.39 is 36.1 Å². The van der Waals surface area contributed by atoms with E-state index in [0.29, 0.717) is 5.69 Å². The summed E-state index contributed by atoms with van der Waals surface area (Å²) < 4.78 is 75.4. The Bertz CT molecular complexity index is 1080. The SMILES string of the molecule is CO[C@@](C(=O)N1CCC2(CC1)CC(=O)NC[C@@H]2c1ccnn1CC(F)F)(c1ccccc1)C(F)(F)F. The zero-order valence-electron chi connectivity index (χ0n) is 19.6. The lowest BCUT2D eigenvalue weighted by Crippen LogP contribution is -2.60. The summed E-state index contributed by atoms with van der Waals surface area (Å²) in [4.78, 5) is 26.9. The number of alkyl halides is 5. The number of benzene rings is 1. The molecule has 1 spiro atoms. The molecule has 0 bridgehead atoms. The minimum Gasteiger partial charge on any atom is -0.356 e. The van der Waals surface area contributed by atoms with E-state index in [1.54, 1.807) is 12.1 Å². The number of likely N-dealkylation sites (tertiary alicyclic amines) is 1. The summed E-state index contributed by atoms with van der Waals surface area (Å²) in [6.07, 6.45) is -5.71. The minimum absolute atomic E-state index is 0.0420. The average molecular weight is 514 g/mol. The lowest BCUT2D eigenvalue weighted by atomic mass is 9.63. The first-order valence-corrected chi connectivity index (χ1v) is 11.6. The fraction of sp³-hybridized carbons (Fsp3) is 0.542. The Morgan fingerprint density at radius 3 is 2.44 bits per heavy atom. The molecule has 2 saturated heterocycles. The molecule has 0 unspecified atom stereocenters. The van der Waals surface area contributed by atoms with Crippen LogP contribution in [0.1, 0.15) is 36.4 Å². The van der Waals surface area contributed by atoms with E-state index in [1.165, 1.54) is 35.1 Å². The van der Waals surface area contributed by atoms with Crippen LogP contribution in [0, 0.1) is 5.41 Å². The highest BCUT2D eigenvalue weighted by molar-refractivity contribution is 5.88. The van der Waals surface area contributed by atoms with Crippen LogP contribution in [0.5, 0.6) is 0 Å². The van der Waals surface area contributed by atoms with Crippen molar-refractivity contribution in [3.63, 3.8) is 0 Å². The average Bonchev–Trinajstić information content (AvgIpc) is 3.27. The van der Waals surface area contributed by atoms with Crippen molar-refractivity contribution in [2.45, 2.75) is 49.9 Å². The molecule has 1 aromatic heterocycles. The first kappa shape index (κ1) is 26.1. The lowest BCUT2D eigenvalue weighted by Gasteiger charge is -2.50. The number of nitrogens with zero attached hydrogens (tertiary/aromatic N) is 3. The Labute approximate surface area is 204 Å². The molecule has 196 valence electrons. The Hall–Kier alpha value is -3.02. The van der Waals surface area contributed by atoms with Crippen LogP contribution in [-0.2, 0) is 26.5 Å². The van der Waals surface area contributed by atoms with Crippen molar-refractivity contribution in [1.29, 1.82) is 0 Å². The molecule has 2 fully saturated rings. The molecule has 0 aliphatic carbocycles. The Morgan fingerprint density at radius 1 is 1.19 bits per heavy atom. The highest BCUT2D eigenvalue weighted by Crippen LogP contribution is 2.50. The molecule has 36 heavy (non-hydrogen) atoms. The second-order valence-electron chi connectivity index (χ2n) is 9.27. The molecule has 0 radical (unpaired) electrons. The van der Waals surface area contributed by atoms with Gasteiger partial charge in [0.1, 0.15) is 6.54 Å². The monoisotopic (exact) mass is 514 g/mol. The van der Waals surface area contributed by atoms with Crippen LogP contribution in [0.25, 0.3) is 0 Å². The number of halogens is 5. The number of carbonyl (C=O) groups excluding carboxylic acids is 2. The van der Waals surface area contributed by atoms with Gasteiger partial charge in [0.2, 0.25) is 5.91 Å². The molecule has 2 amide bonds. The summed E-state index contributed by atoms with van der Waals surface area (Å²) >= 11 is 0. The number of piperidine rings is 2. The van der Waals surface area contributed by atoms with Crippen LogP contribution in [0.15, 0.2) is 42.6 Å². The van der Waals surface area contributed by atoms with Crippen molar-refractivity contribution in [2.24, 2.45) is 5.41 Å². The van der Waals surface area contributed by atoms with Crippen LogP contribution in [0.2, 0.25) is 0 Å². The summed E-state index contributed by atoms with van der Waals surface area (Å²) in [6.45, 7) is -0.498. The fourth-order valence-electron chi connectivity index (χ4n) is 5.58. The van der Waals surface area contributed by atoms with Crippen molar-refractivity contribution < 1.29 is 36.3 Å². The zero-order valence-corrected chi connectivity index (χ0v) is 19.6. The van der Waals surface area contributed by atoms with Gasteiger partial charge in [-0.3, -0.25) is 14.3 Å². The maximum atomic E-state index is 14.4. The van der Waals surface area contributed by atoms with Gasteiger partial charge in [-0.1, -0.05) is 30.3 Å². The van der Waals surface area contributed by atoms with E-state index in [0.717, 1.165) is 12.0 Å². The van der Waals surface area contributed by atoms with Gasteiger partial charge in [0.05, 0.1) is 0 Å². The number of ether oxygens (including phenoxy) is 1. The minimum atomic E-state index is -5.02. The number of hydrogen-bond acceptors (Lipinski definition) is 4. The Balaban J connectivity index is 1.62. The number of rotatable bonds is 6. The first-order chi connectivity index (χ1) is 17.0. The molecule has 1 aromatic carbocycles. The molecule has 2 aromatic rings. The summed E-state index contributed by atoms with van der Waals surface area (Å²) in [5.41, 5.74) is -3.67. The molecule has 0 saturated carbocycles. The van der Waals surface area contributed by atoms with Crippen molar-refractivity contribution in [2.75, 3.05) is 26.7 Å². The topological polar surface area (TPSA) is 76.5 Å². The molecule has 12 heteroatoms. The molecular formula is C24H27F5N4O3. The normalized spacial score (nSPS) is 21.9. The van der Waals surface area contributed by atoms with Gasteiger partial charge in [0, 0.05) is 56.5 Å². The van der Waals surface area contributed by atoms with Crippen LogP contribution < -0.4 is 5.32 Å². The predicted octanol–water partition coefficient (Wildman–Crippen LogP) is 3.46. The molecule has 2 aliphatic rings. The summed E-state index contributed by atoms with van der Waals surface area (Å²) in [6, 6.07) is 8.38. The second-order valence-corrected chi connectivity index (χ2v) is 9.27. The van der Waals surface area contributed by atoms with E-state index in [-0.39, 0.29) is 56.3 Å². The van der Waals surface area contributed by atoms with Crippen molar-refractivity contribution in [3.05, 3.63) is 53.9 Å². The van der Waals surface area contributed by atoms with Gasteiger partial charge in [-0.15, -0.1) is 0 Å². The third-order valence-electron chi connectivity index (χ3n) is 7.41. The number of nitrogens with one attached hydrogen (secondary N) is 1. The third kappa shape index (κ3) is 4.46. The Morgan fingerprint density at radius 2 is 1.86 bits per heavy atom. The van der Waals surface area contributed by atoms with Gasteiger partial charge in [-0.2, -0.15) is 18.3 Å². The van der Waals surface area contributed by atoms with Gasteiger partial charge in [0.15, 0.2) is 0 Å². The number of hydrogen-bond donors (Lipinski definition) is 1. The van der Waals surface area contributed by atoms with E-state index in [9.17, 15) is 31.5 Å². The van der Waals surface area contributed by atoms with Crippen molar-refractivity contribution in [3.8, 4) is 0 Å². The molecular weight excluding hydrogens is 487 g/mol. The largest absolute Gasteiger partial charge is 0.430 e. The number of aromatic nitrogens is 2. The van der Waals surface area contributed by atoms with Gasteiger partial charge in [-0.25, -0.2) is 8.78 Å². The fourth-order valence-corrected chi connectivity index (χ4v) is 5.58. The highest BCUT2D eigenvalue weighted by atomic mass is 19.4. The number of amides is 2. The Kier molecular flexibility index (Phi) is 7.09. The first-order valence-electron chi connectivity index (χ1n) is 11.6. The molecule has 4 rings (SSSR count). The summed E-state index contributed by atoms with van der Waals surface area (Å²) in [7, 11) is 0.857. The molecule has 1 N–H and O–H groups in total. The van der Waals surface area contributed by atoms with Gasteiger partial charge in [-0.05, 0) is 24.3 Å². The third-order valence-corrected chi connectivity index (χ3v) is 7.41. The summed E-state index contributed by atoms with van der Waals surface area (Å²) in [5.74, 6) is -1.83. The summed E-state index contributed by atoms with van der Waals surface area (Å²) in [5, 5.41) is 6.76. The van der Waals surface area contributed by atoms with Crippen LogP contribution in [0.3, 0.4) is 0 Å². The number of carbonyl (C=O) groups is 2. The molecule has 3 heterocycles. The smallest absolute Gasteiger partial charge is 0.356 e. The van der Waals surface area contributed by atoms with Gasteiger partial charge >= 0.3 is 6.18 Å². The van der Waals surface area contributed by atoms with Crippen LogP contribution in [-0.4, -0.2) is 65.8 Å². The quantitative estimate of drug-likeness (QED) is 0.600.